The van der Waals surface area contributed by atoms with Crippen molar-refractivity contribution in [3.05, 3.63) is 35.8 Å². The van der Waals surface area contributed by atoms with Gasteiger partial charge in [0.2, 0.25) is 0 Å². The minimum absolute atomic E-state index is 0.0592. The maximum atomic E-state index is 11.3. The van der Waals surface area contributed by atoms with Gasteiger partial charge >= 0.3 is 5.97 Å². The molecule has 0 bridgehead atoms. The molecule has 0 saturated heterocycles. The van der Waals surface area contributed by atoms with E-state index in [1.807, 2.05) is 43.5 Å². The second-order valence-corrected chi connectivity index (χ2v) is 5.32. The van der Waals surface area contributed by atoms with Gasteiger partial charge in [-0.1, -0.05) is 6.07 Å². The molecule has 6 nitrogen and oxygen atoms in total. The molecule has 0 unspecified atom stereocenters. The minimum atomic E-state index is -1.04. The van der Waals surface area contributed by atoms with E-state index in [4.69, 9.17) is 0 Å². The van der Waals surface area contributed by atoms with Gasteiger partial charge in [0.1, 0.15) is 5.69 Å². The predicted molar refractivity (Wildman–Crippen MR) is 79.4 cm³/mol. The summed E-state index contributed by atoms with van der Waals surface area (Å²) in [6, 6.07) is 6.17. The summed E-state index contributed by atoms with van der Waals surface area (Å²) in [5, 5.41) is 9.26. The smallest absolute Gasteiger partial charge is 0.354 e. The number of hydrogen-bond donors (Lipinski definition) is 2. The number of hydrogen-bond acceptors (Lipinski definition) is 3. The number of imidazole rings is 2. The molecule has 0 atom stereocenters. The Hall–Kier alpha value is -2.63. The monoisotopic (exact) mass is 284 g/mol. The fraction of sp³-hybridized carbons (Fsp3) is 0.267. The molecule has 2 aromatic heterocycles. The molecule has 0 spiro atoms. The molecule has 0 amide bonds. The van der Waals surface area contributed by atoms with E-state index >= 15 is 0 Å². The van der Waals surface area contributed by atoms with Crippen molar-refractivity contribution in [3.8, 4) is 11.5 Å². The van der Waals surface area contributed by atoms with E-state index in [0.29, 0.717) is 11.5 Å². The van der Waals surface area contributed by atoms with E-state index in [-0.39, 0.29) is 11.7 Å². The normalized spacial score (nSPS) is 11.4. The Kier molecular flexibility index (Phi) is 3.01. The number of nitrogens with one attached hydrogen (secondary N) is 1. The third-order valence-corrected chi connectivity index (χ3v) is 3.43. The van der Waals surface area contributed by atoms with E-state index in [1.165, 1.54) is 6.33 Å². The van der Waals surface area contributed by atoms with E-state index in [9.17, 15) is 9.90 Å². The van der Waals surface area contributed by atoms with Gasteiger partial charge in [-0.05, 0) is 38.5 Å². The number of nitrogens with zero attached hydrogens (tertiary/aromatic N) is 3. The molecule has 0 aliphatic heterocycles. The molecule has 3 rings (SSSR count). The zero-order chi connectivity index (χ0) is 15.1. The van der Waals surface area contributed by atoms with Gasteiger partial charge in [0.05, 0.1) is 17.4 Å². The number of aromatic carboxylic acids is 1. The zero-order valence-electron chi connectivity index (χ0n) is 12.1. The van der Waals surface area contributed by atoms with Gasteiger partial charge in [0.25, 0.3) is 0 Å². The lowest BCUT2D eigenvalue weighted by molar-refractivity contribution is 0.0692. The first kappa shape index (κ1) is 13.4. The van der Waals surface area contributed by atoms with E-state index in [2.05, 4.69) is 15.0 Å². The number of carbonyl (C=O) groups is 1. The summed E-state index contributed by atoms with van der Waals surface area (Å²) in [7, 11) is 0. The molecule has 2 heterocycles. The zero-order valence-corrected chi connectivity index (χ0v) is 12.1. The highest BCUT2D eigenvalue weighted by Gasteiger charge is 2.22. The van der Waals surface area contributed by atoms with Crippen LogP contribution in [-0.4, -0.2) is 30.6 Å². The molecule has 0 radical (unpaired) electrons. The number of benzene rings is 1. The van der Waals surface area contributed by atoms with Gasteiger partial charge in [0.15, 0.2) is 11.5 Å². The first-order chi connectivity index (χ1) is 9.99. The highest BCUT2D eigenvalue weighted by molar-refractivity contribution is 5.93. The lowest BCUT2D eigenvalue weighted by atomic mass is 10.2. The molecule has 3 aromatic rings. The molecule has 0 fully saturated rings. The molecule has 0 aliphatic carbocycles. The first-order valence-electron chi connectivity index (χ1n) is 6.74. The van der Waals surface area contributed by atoms with E-state index < -0.39 is 5.97 Å². The molecule has 108 valence electrons. The molecule has 1 aromatic carbocycles. The Balaban J connectivity index is 2.33. The molecule has 0 saturated carbocycles. The Bertz CT molecular complexity index is 829. The third-order valence-electron chi connectivity index (χ3n) is 3.43. The third kappa shape index (κ3) is 2.08. The summed E-state index contributed by atoms with van der Waals surface area (Å²) in [4.78, 5) is 22.7. The van der Waals surface area contributed by atoms with Crippen molar-refractivity contribution in [2.45, 2.75) is 26.8 Å². The van der Waals surface area contributed by atoms with Crippen LogP contribution in [0, 0.1) is 6.92 Å². The van der Waals surface area contributed by atoms with Crippen LogP contribution in [0.2, 0.25) is 0 Å². The minimum Gasteiger partial charge on any atom is -0.477 e. The fourth-order valence-electron chi connectivity index (χ4n) is 2.53. The molecular weight excluding hydrogens is 268 g/mol. The summed E-state index contributed by atoms with van der Waals surface area (Å²) in [6.45, 7) is 6.08. The van der Waals surface area contributed by atoms with Crippen LogP contribution in [0.3, 0.4) is 0 Å². The molecular formula is C15H16N4O2. The highest BCUT2D eigenvalue weighted by Crippen LogP contribution is 2.29. The van der Waals surface area contributed by atoms with Crippen LogP contribution in [0.1, 0.15) is 35.9 Å². The van der Waals surface area contributed by atoms with Crippen molar-refractivity contribution in [3.63, 3.8) is 0 Å². The average Bonchev–Trinajstić information content (AvgIpc) is 3.01. The Labute approximate surface area is 121 Å². The second kappa shape index (κ2) is 4.73. The number of fused-ring (bicyclic) bond motifs is 1. The van der Waals surface area contributed by atoms with E-state index in [1.54, 1.807) is 0 Å². The van der Waals surface area contributed by atoms with Gasteiger partial charge in [-0.2, -0.15) is 0 Å². The molecule has 21 heavy (non-hydrogen) atoms. The molecule has 6 heteroatoms. The maximum Gasteiger partial charge on any atom is 0.354 e. The fourth-order valence-corrected chi connectivity index (χ4v) is 2.53. The van der Waals surface area contributed by atoms with Crippen LogP contribution in [0.5, 0.6) is 0 Å². The lowest BCUT2D eigenvalue weighted by Gasteiger charge is -2.12. The number of aryl methyl sites for hydroxylation is 1. The Morgan fingerprint density at radius 3 is 2.81 bits per heavy atom. The average molecular weight is 284 g/mol. The van der Waals surface area contributed by atoms with Gasteiger partial charge in [-0.25, -0.2) is 14.8 Å². The summed E-state index contributed by atoms with van der Waals surface area (Å²) in [5.41, 5.74) is 3.36. The summed E-state index contributed by atoms with van der Waals surface area (Å²) in [6.07, 6.45) is 1.38. The topological polar surface area (TPSA) is 83.8 Å². The molecule has 0 aliphatic rings. The van der Waals surface area contributed by atoms with Crippen molar-refractivity contribution in [1.29, 1.82) is 0 Å². The number of carboxylic acid groups (broad SMARTS) is 1. The number of rotatable bonds is 3. The van der Waals surface area contributed by atoms with Gasteiger partial charge in [-0.15, -0.1) is 0 Å². The summed E-state index contributed by atoms with van der Waals surface area (Å²) < 4.78 is 2.01. The van der Waals surface area contributed by atoms with Crippen molar-refractivity contribution in [2.24, 2.45) is 0 Å². The number of H-pyrrole nitrogens is 1. The predicted octanol–water partition coefficient (Wildman–Crippen LogP) is 3.01. The van der Waals surface area contributed by atoms with Crippen LogP contribution in [0.15, 0.2) is 24.5 Å². The number of aromatic amines is 1. The van der Waals surface area contributed by atoms with Crippen molar-refractivity contribution >= 4 is 17.0 Å². The second-order valence-electron chi connectivity index (χ2n) is 5.32. The summed E-state index contributed by atoms with van der Waals surface area (Å²) >= 11 is 0. The lowest BCUT2D eigenvalue weighted by Crippen LogP contribution is -2.06. The van der Waals surface area contributed by atoms with Gasteiger partial charge in [-0.3, -0.25) is 0 Å². The van der Waals surface area contributed by atoms with Crippen LogP contribution in [0.25, 0.3) is 22.6 Å². The van der Waals surface area contributed by atoms with Crippen LogP contribution in [0.4, 0.5) is 0 Å². The molecule has 2 N–H and O–H groups in total. The van der Waals surface area contributed by atoms with Crippen LogP contribution < -0.4 is 0 Å². The SMILES string of the molecule is Cc1ccc2c(c1)nc(-c1nc[nH]c1C(=O)O)n2C(C)C. The maximum absolute atomic E-state index is 11.3. The quantitative estimate of drug-likeness (QED) is 0.774. The summed E-state index contributed by atoms with van der Waals surface area (Å²) in [5.74, 6) is -0.467. The number of carboxylic acids is 1. The van der Waals surface area contributed by atoms with E-state index in [0.717, 1.165) is 16.6 Å². The van der Waals surface area contributed by atoms with Crippen molar-refractivity contribution in [2.75, 3.05) is 0 Å². The number of aromatic nitrogens is 4. The van der Waals surface area contributed by atoms with Gasteiger partial charge in [0, 0.05) is 6.04 Å². The largest absolute Gasteiger partial charge is 0.477 e. The van der Waals surface area contributed by atoms with Crippen molar-refractivity contribution < 1.29 is 9.90 Å². The Morgan fingerprint density at radius 1 is 1.38 bits per heavy atom. The standard InChI is InChI=1S/C15H16N4O2/c1-8(2)19-11-5-4-9(3)6-10(11)18-14(19)12-13(15(20)21)17-7-16-12/h4-8H,1-3H3,(H,16,17)(H,20,21). The Morgan fingerprint density at radius 2 is 2.14 bits per heavy atom. The van der Waals surface area contributed by atoms with Crippen LogP contribution in [-0.2, 0) is 0 Å². The van der Waals surface area contributed by atoms with Crippen molar-refractivity contribution in [1.82, 2.24) is 19.5 Å². The van der Waals surface area contributed by atoms with Crippen LogP contribution >= 0.6 is 0 Å². The first-order valence-corrected chi connectivity index (χ1v) is 6.74. The highest BCUT2D eigenvalue weighted by atomic mass is 16.4. The van der Waals surface area contributed by atoms with Gasteiger partial charge < -0.3 is 14.7 Å².